The van der Waals surface area contributed by atoms with E-state index in [2.05, 4.69) is 18.2 Å². The fourth-order valence-electron chi connectivity index (χ4n) is 3.54. The van der Waals surface area contributed by atoms with Crippen LogP contribution in [0.2, 0.25) is 0 Å². The summed E-state index contributed by atoms with van der Waals surface area (Å²) in [4.78, 5) is 16.8. The normalized spacial score (nSPS) is 20.6. The Morgan fingerprint density at radius 1 is 1.12 bits per heavy atom. The number of aromatic nitrogens is 1. The van der Waals surface area contributed by atoms with Gasteiger partial charge in [0.15, 0.2) is 0 Å². The molecule has 25 heavy (non-hydrogen) atoms. The van der Waals surface area contributed by atoms with E-state index in [-0.39, 0.29) is 10.6 Å². The van der Waals surface area contributed by atoms with Gasteiger partial charge in [0.2, 0.25) is 0 Å². The summed E-state index contributed by atoms with van der Waals surface area (Å²) in [5.74, 6) is 0.568. The van der Waals surface area contributed by atoms with Gasteiger partial charge in [0.05, 0.1) is 33.2 Å². The quantitative estimate of drug-likeness (QED) is 0.578. The van der Waals surface area contributed by atoms with Gasteiger partial charge in [-0.2, -0.15) is 0 Å². The number of nitrogens with zero attached hydrogens (tertiary/aromatic N) is 2. The minimum absolute atomic E-state index is 0.160. The summed E-state index contributed by atoms with van der Waals surface area (Å²) in [6.07, 6.45) is 2.31. The van der Waals surface area contributed by atoms with Crippen molar-refractivity contribution in [2.75, 3.05) is 13.1 Å². The number of non-ortho nitro benzene ring substituents is 1. The number of hydrogen-bond acceptors (Lipinski definition) is 4. The minimum atomic E-state index is -0.347. The average molecular weight is 354 g/mol. The lowest BCUT2D eigenvalue weighted by Gasteiger charge is -2.28. The molecule has 2 heterocycles. The standard InChI is InChI=1S/C19H19N3O2S/c23-22(24)16-7-5-14(6-8-16)13-21-11-9-15(10-12-21)19-20-17-3-1-2-4-18(17)25-19/h1-8,15H,9-13H2/p+1. The van der Waals surface area contributed by atoms with Crippen LogP contribution in [0.5, 0.6) is 0 Å². The van der Waals surface area contributed by atoms with Crippen molar-refractivity contribution in [2.24, 2.45) is 0 Å². The molecule has 2 aromatic carbocycles. The van der Waals surface area contributed by atoms with E-state index in [1.54, 1.807) is 17.0 Å². The number of likely N-dealkylation sites (tertiary alicyclic amines) is 1. The topological polar surface area (TPSA) is 60.5 Å². The van der Waals surface area contributed by atoms with Crippen molar-refractivity contribution in [3.8, 4) is 0 Å². The first-order valence-electron chi connectivity index (χ1n) is 8.61. The van der Waals surface area contributed by atoms with Crippen LogP contribution >= 0.6 is 11.3 Å². The predicted octanol–water partition coefficient (Wildman–Crippen LogP) is 3.17. The Labute approximate surface area is 150 Å². The molecular weight excluding hydrogens is 334 g/mol. The maximum atomic E-state index is 10.7. The zero-order valence-corrected chi connectivity index (χ0v) is 14.7. The highest BCUT2D eigenvalue weighted by atomic mass is 32.1. The summed E-state index contributed by atoms with van der Waals surface area (Å²) in [5, 5.41) is 12.0. The fourth-order valence-corrected chi connectivity index (χ4v) is 4.68. The molecule has 5 nitrogen and oxygen atoms in total. The second-order valence-electron chi connectivity index (χ2n) is 6.64. The highest BCUT2D eigenvalue weighted by Crippen LogP contribution is 2.31. The largest absolute Gasteiger partial charge is 0.331 e. The second-order valence-corrected chi connectivity index (χ2v) is 7.71. The minimum Gasteiger partial charge on any atom is -0.331 e. The van der Waals surface area contributed by atoms with Gasteiger partial charge in [0.1, 0.15) is 6.54 Å². The predicted molar refractivity (Wildman–Crippen MR) is 99.1 cm³/mol. The van der Waals surface area contributed by atoms with Crippen molar-refractivity contribution in [3.05, 3.63) is 69.2 Å². The number of thiazole rings is 1. The van der Waals surface area contributed by atoms with Crippen LogP contribution < -0.4 is 4.90 Å². The van der Waals surface area contributed by atoms with E-state index in [1.807, 2.05) is 29.5 Å². The van der Waals surface area contributed by atoms with Gasteiger partial charge in [-0.3, -0.25) is 10.1 Å². The van der Waals surface area contributed by atoms with Crippen LogP contribution in [-0.4, -0.2) is 23.0 Å². The number of nitrogens with one attached hydrogen (secondary N) is 1. The molecule has 0 atom stereocenters. The lowest BCUT2D eigenvalue weighted by Crippen LogP contribution is -3.11. The molecule has 0 radical (unpaired) electrons. The van der Waals surface area contributed by atoms with Crippen LogP contribution in [0.4, 0.5) is 5.69 Å². The summed E-state index contributed by atoms with van der Waals surface area (Å²) in [7, 11) is 0. The lowest BCUT2D eigenvalue weighted by molar-refractivity contribution is -0.919. The monoisotopic (exact) mass is 354 g/mol. The molecule has 1 N–H and O–H groups in total. The van der Waals surface area contributed by atoms with Gasteiger partial charge in [0.25, 0.3) is 5.69 Å². The SMILES string of the molecule is O=[N+]([O-])c1ccc(C[NH+]2CCC(c3nc4ccccc4s3)CC2)cc1. The molecule has 0 aliphatic carbocycles. The molecular formula is C19H20N3O2S+. The fraction of sp³-hybridized carbons (Fsp3) is 0.316. The number of piperidine rings is 1. The van der Waals surface area contributed by atoms with Crippen LogP contribution in [0.1, 0.15) is 29.3 Å². The van der Waals surface area contributed by atoms with E-state index in [9.17, 15) is 10.1 Å². The number of benzene rings is 2. The Balaban J connectivity index is 1.37. The van der Waals surface area contributed by atoms with Crippen LogP contribution in [0.15, 0.2) is 48.5 Å². The number of quaternary nitrogens is 1. The van der Waals surface area contributed by atoms with E-state index in [4.69, 9.17) is 4.98 Å². The maximum absolute atomic E-state index is 10.7. The Kier molecular flexibility index (Phi) is 4.46. The third-order valence-electron chi connectivity index (χ3n) is 4.95. The number of para-hydroxylation sites is 1. The van der Waals surface area contributed by atoms with Crippen LogP contribution in [0.3, 0.4) is 0 Å². The summed E-state index contributed by atoms with van der Waals surface area (Å²) < 4.78 is 1.28. The molecule has 0 unspecified atom stereocenters. The third kappa shape index (κ3) is 3.55. The van der Waals surface area contributed by atoms with Crippen molar-refractivity contribution >= 4 is 27.2 Å². The van der Waals surface area contributed by atoms with Crippen molar-refractivity contribution in [1.29, 1.82) is 0 Å². The zero-order valence-electron chi connectivity index (χ0n) is 13.9. The van der Waals surface area contributed by atoms with Gasteiger partial charge >= 0.3 is 0 Å². The van der Waals surface area contributed by atoms with Crippen molar-refractivity contribution in [1.82, 2.24) is 4.98 Å². The molecule has 6 heteroatoms. The maximum Gasteiger partial charge on any atom is 0.269 e. The number of hydrogen-bond donors (Lipinski definition) is 1. The molecule has 0 saturated carbocycles. The van der Waals surface area contributed by atoms with Gasteiger partial charge in [-0.25, -0.2) is 4.98 Å². The molecule has 4 rings (SSSR count). The van der Waals surface area contributed by atoms with Gasteiger partial charge in [-0.1, -0.05) is 12.1 Å². The van der Waals surface area contributed by atoms with E-state index in [0.29, 0.717) is 5.92 Å². The van der Waals surface area contributed by atoms with Crippen LogP contribution in [-0.2, 0) is 6.54 Å². The number of nitro groups is 1. The molecule has 128 valence electrons. The number of rotatable bonds is 4. The molecule has 1 fully saturated rings. The van der Waals surface area contributed by atoms with E-state index < -0.39 is 0 Å². The molecule has 0 amide bonds. The van der Waals surface area contributed by atoms with Crippen molar-refractivity contribution < 1.29 is 9.82 Å². The zero-order chi connectivity index (χ0) is 17.2. The van der Waals surface area contributed by atoms with Crippen LogP contribution in [0, 0.1) is 10.1 Å². The second kappa shape index (κ2) is 6.90. The summed E-state index contributed by atoms with van der Waals surface area (Å²) >= 11 is 1.83. The third-order valence-corrected chi connectivity index (χ3v) is 6.15. The van der Waals surface area contributed by atoms with Crippen molar-refractivity contribution in [2.45, 2.75) is 25.3 Å². The molecule has 1 saturated heterocycles. The van der Waals surface area contributed by atoms with Gasteiger partial charge in [-0.15, -0.1) is 11.3 Å². The smallest absolute Gasteiger partial charge is 0.269 e. The summed E-state index contributed by atoms with van der Waals surface area (Å²) in [5.41, 5.74) is 2.44. The molecule has 1 aliphatic rings. The number of nitro benzene ring substituents is 1. The Hall–Kier alpha value is -2.31. The number of fused-ring (bicyclic) bond motifs is 1. The van der Waals surface area contributed by atoms with E-state index in [1.165, 1.54) is 15.3 Å². The van der Waals surface area contributed by atoms with Crippen LogP contribution in [0.25, 0.3) is 10.2 Å². The highest BCUT2D eigenvalue weighted by Gasteiger charge is 2.25. The molecule has 0 spiro atoms. The summed E-state index contributed by atoms with van der Waals surface area (Å²) in [6.45, 7) is 3.18. The first kappa shape index (κ1) is 16.2. The van der Waals surface area contributed by atoms with E-state index in [0.717, 1.165) is 38.0 Å². The van der Waals surface area contributed by atoms with E-state index >= 15 is 0 Å². The Bertz CT molecular complexity index is 850. The average Bonchev–Trinajstić information content (AvgIpc) is 3.07. The lowest BCUT2D eigenvalue weighted by atomic mass is 9.97. The summed E-state index contributed by atoms with van der Waals surface area (Å²) in [6, 6.07) is 15.3. The first-order valence-corrected chi connectivity index (χ1v) is 9.43. The van der Waals surface area contributed by atoms with Gasteiger partial charge < -0.3 is 4.90 Å². The molecule has 1 aliphatic heterocycles. The Morgan fingerprint density at radius 3 is 2.52 bits per heavy atom. The molecule has 3 aromatic rings. The molecule has 1 aromatic heterocycles. The van der Waals surface area contributed by atoms with Crippen molar-refractivity contribution in [3.63, 3.8) is 0 Å². The first-order chi connectivity index (χ1) is 12.2. The van der Waals surface area contributed by atoms with Gasteiger partial charge in [-0.05, 0) is 24.3 Å². The highest BCUT2D eigenvalue weighted by molar-refractivity contribution is 7.18. The van der Waals surface area contributed by atoms with Gasteiger partial charge in [0, 0.05) is 36.5 Å². The Morgan fingerprint density at radius 2 is 1.84 bits per heavy atom. The molecule has 0 bridgehead atoms.